The van der Waals surface area contributed by atoms with Crippen molar-refractivity contribution in [3.05, 3.63) is 0 Å². The highest BCUT2D eigenvalue weighted by molar-refractivity contribution is 6.00. The Labute approximate surface area is 464 Å². The molecule has 13 atom stereocenters. The van der Waals surface area contributed by atoms with Gasteiger partial charge in [-0.3, -0.25) is 62.5 Å². The van der Waals surface area contributed by atoms with Crippen LogP contribution in [0.15, 0.2) is 4.99 Å². The Morgan fingerprint density at radius 3 is 1.52 bits per heavy atom. The third kappa shape index (κ3) is 19.7. The predicted molar refractivity (Wildman–Crippen MR) is 277 cm³/mol. The first-order valence-corrected chi connectivity index (χ1v) is 26.2. The van der Waals surface area contributed by atoms with Gasteiger partial charge in [0.2, 0.25) is 65.0 Å². The number of carbonyl (C=O) groups excluding carboxylic acids is 11. The highest BCUT2D eigenvalue weighted by atomic mass is 16.4. The third-order valence-electron chi connectivity index (χ3n) is 13.4. The molecule has 3 rings (SSSR count). The maximum atomic E-state index is 14.4. The fourth-order valence-corrected chi connectivity index (χ4v) is 9.14. The van der Waals surface area contributed by atoms with E-state index in [4.69, 9.17) is 17.2 Å². The van der Waals surface area contributed by atoms with E-state index < -0.39 is 182 Å². The van der Waals surface area contributed by atoms with Crippen LogP contribution in [-0.4, -0.2) is 253 Å². The van der Waals surface area contributed by atoms with Crippen LogP contribution in [0.5, 0.6) is 0 Å². The van der Waals surface area contributed by atoms with Crippen LogP contribution in [0.4, 0.5) is 0 Å². The number of nitrogens with zero attached hydrogens (tertiary/aromatic N) is 4. The largest absolute Gasteiger partial charge is 0.481 e. The molecule has 3 fully saturated rings. The summed E-state index contributed by atoms with van der Waals surface area (Å²) in [6.07, 6.45) is -3.17. The molecular weight excluding hydrogens is 1080 g/mol. The average molecular weight is 1160 g/mol. The number of carboxylic acid groups (broad SMARTS) is 2. The Hall–Kier alpha value is -7.82. The molecule has 20 N–H and O–H groups in total. The average Bonchev–Trinajstić information content (AvgIpc) is 4.31. The first-order valence-electron chi connectivity index (χ1n) is 26.2. The van der Waals surface area contributed by atoms with Crippen LogP contribution in [0.3, 0.4) is 0 Å². The number of hydrogen-bond donors (Lipinski definition) is 17. The van der Waals surface area contributed by atoms with Crippen LogP contribution in [0.1, 0.15) is 85.5 Å². The number of aliphatic carboxylic acids is 2. The van der Waals surface area contributed by atoms with E-state index in [1.807, 2.05) is 5.32 Å². The van der Waals surface area contributed by atoms with E-state index in [9.17, 15) is 93.0 Å². The molecule has 0 aliphatic carbocycles. The van der Waals surface area contributed by atoms with Gasteiger partial charge in [-0.2, -0.15) is 0 Å². The number of carboxylic acids is 2. The molecule has 0 spiro atoms. The van der Waals surface area contributed by atoms with Crippen LogP contribution >= 0.6 is 0 Å². The second kappa shape index (κ2) is 31.8. The fourth-order valence-electron chi connectivity index (χ4n) is 9.14. The molecule has 3 aliphatic rings. The Morgan fingerprint density at radius 2 is 1.04 bits per heavy atom. The zero-order valence-corrected chi connectivity index (χ0v) is 45.3. The normalized spacial score (nSPS) is 20.5. The lowest BCUT2D eigenvalue weighted by Gasteiger charge is -2.32. The lowest BCUT2D eigenvalue weighted by molar-refractivity contribution is -0.145. The van der Waals surface area contributed by atoms with Crippen molar-refractivity contribution in [2.24, 2.45) is 22.2 Å². The van der Waals surface area contributed by atoms with Gasteiger partial charge >= 0.3 is 11.9 Å². The molecule has 0 saturated carbocycles. The summed E-state index contributed by atoms with van der Waals surface area (Å²) < 4.78 is 0. The molecule has 454 valence electrons. The van der Waals surface area contributed by atoms with Crippen LogP contribution in [0, 0.1) is 0 Å². The summed E-state index contributed by atoms with van der Waals surface area (Å²) in [5, 5.41) is 76.6. The second-order valence-corrected chi connectivity index (χ2v) is 19.8. The molecule has 0 unspecified atom stereocenters. The second-order valence-electron chi connectivity index (χ2n) is 19.8. The molecular formula is C47H77N15O19. The van der Waals surface area contributed by atoms with Gasteiger partial charge in [-0.05, 0) is 79.1 Å². The fraction of sp³-hybridized carbons (Fsp3) is 0.702. The number of amides is 11. The van der Waals surface area contributed by atoms with Gasteiger partial charge in [0.25, 0.3) is 0 Å². The van der Waals surface area contributed by atoms with Gasteiger partial charge in [0.15, 0.2) is 12.0 Å². The summed E-state index contributed by atoms with van der Waals surface area (Å²) in [6, 6.07) is -16.1. The maximum absolute atomic E-state index is 14.4. The van der Waals surface area contributed by atoms with Gasteiger partial charge in [-0.25, -0.2) is 4.79 Å². The quantitative estimate of drug-likeness (QED) is 0.0180. The Bertz CT molecular complexity index is 2360. The Morgan fingerprint density at radius 1 is 0.556 bits per heavy atom. The lowest BCUT2D eigenvalue weighted by atomic mass is 10.1. The van der Waals surface area contributed by atoms with E-state index in [-0.39, 0.29) is 70.7 Å². The number of nitrogens with two attached hydrogens (primary N) is 3. The molecule has 0 aromatic carbocycles. The molecule has 0 bridgehead atoms. The number of likely N-dealkylation sites (tertiary alicyclic amines) is 3. The minimum Gasteiger partial charge on any atom is -0.481 e. The van der Waals surface area contributed by atoms with Crippen LogP contribution in [-0.2, 0) is 62.3 Å². The summed E-state index contributed by atoms with van der Waals surface area (Å²) in [4.78, 5) is 178. The summed E-state index contributed by atoms with van der Waals surface area (Å²) in [7, 11) is 0. The van der Waals surface area contributed by atoms with Gasteiger partial charge in [0.1, 0.15) is 60.4 Å². The van der Waals surface area contributed by atoms with Crippen molar-refractivity contribution in [2.45, 2.75) is 164 Å². The summed E-state index contributed by atoms with van der Waals surface area (Å²) in [6.45, 7) is 2.49. The topological polar surface area (TPSA) is 540 Å². The van der Waals surface area contributed by atoms with Crippen molar-refractivity contribution in [3.8, 4) is 0 Å². The molecule has 11 amide bonds. The van der Waals surface area contributed by atoms with Crippen LogP contribution < -0.4 is 59.7 Å². The number of aliphatic hydroxyl groups is 4. The molecule has 34 nitrogen and oxygen atoms in total. The molecule has 0 aromatic rings. The molecule has 34 heteroatoms. The van der Waals surface area contributed by atoms with Gasteiger partial charge in [0.05, 0.1) is 38.4 Å². The predicted octanol–water partition coefficient (Wildman–Crippen LogP) is -9.80. The molecule has 3 saturated heterocycles. The number of hydrogen-bond acceptors (Lipinski definition) is 19. The SMILES string of the molecule is C[C@H](NC(=O)[C@@H](N)CO)C(=O)N1CCC[C@H]1C(=O)N[C@@H](CC(=O)O)C(=O)N[C@H](C(=O)N[C@@H](CCCN=C(N)N)C(=O)N1CCC[C@H]1C(=O)N[C@@H](C)C(=O)N1CCC[C@H]1C(=O)NCC(=O)N[C@@H](CO)C(=O)N[C@H](C(=O)O)[C@@H](C)O)[C@@H](C)O. The first-order chi connectivity index (χ1) is 38.0. The minimum absolute atomic E-state index is 0.0154. The van der Waals surface area contributed by atoms with Crippen LogP contribution in [0.25, 0.3) is 0 Å². The highest BCUT2D eigenvalue weighted by Gasteiger charge is 2.43. The standard InChI is InChI=1S/C47H77N15O19/c1-21(53-36(70)25(48)19-63)43(77)61-15-7-12-31(61)41(75)57-27(17-33(68)69)37(71)58-34(23(3)65)42(76)56-26(9-5-13-51-47(49)50)45(79)62-16-8-11-30(62)40(74)54-22(2)44(78)60-14-6-10-29(60)39(73)52-18-32(67)55-28(20-64)38(72)59-35(24(4)66)46(80)81/h21-31,34-35,63-66H,5-20,48H2,1-4H3,(H,52,73)(H,53,70)(H,54,74)(H,55,67)(H,56,76)(H,57,75)(H,58,71)(H,59,72)(H,68,69)(H,80,81)(H4,49,50,51)/t21-,22-,23+,24+,25-,26-,27-,28-,29-,30-,31-,34-,35-/m0/s1. The van der Waals surface area contributed by atoms with Crippen molar-refractivity contribution < 1.29 is 93.0 Å². The van der Waals surface area contributed by atoms with Gasteiger partial charge in [0, 0.05) is 26.2 Å². The number of aliphatic hydroxyl groups excluding tert-OH is 4. The number of aliphatic imine (C=N–C) groups is 1. The lowest BCUT2D eigenvalue weighted by Crippen LogP contribution is -2.62. The van der Waals surface area contributed by atoms with Gasteiger partial charge < -0.3 is 105 Å². The molecule has 3 aliphatic heterocycles. The van der Waals surface area contributed by atoms with E-state index in [1.165, 1.54) is 18.7 Å². The summed E-state index contributed by atoms with van der Waals surface area (Å²) in [5.41, 5.74) is 16.5. The zero-order chi connectivity index (χ0) is 61.0. The van der Waals surface area contributed by atoms with E-state index in [0.29, 0.717) is 12.8 Å². The summed E-state index contributed by atoms with van der Waals surface area (Å²) in [5.74, 6) is -13.6. The first kappa shape index (κ1) is 67.5. The Balaban J connectivity index is 1.72. The monoisotopic (exact) mass is 1160 g/mol. The van der Waals surface area contributed by atoms with Crippen molar-refractivity contribution in [3.63, 3.8) is 0 Å². The number of carbonyl (C=O) groups is 13. The maximum Gasteiger partial charge on any atom is 0.328 e. The number of guanidine groups is 1. The molecule has 0 radical (unpaired) electrons. The van der Waals surface area contributed by atoms with Crippen molar-refractivity contribution in [2.75, 3.05) is 45.9 Å². The van der Waals surface area contributed by atoms with E-state index >= 15 is 0 Å². The van der Waals surface area contributed by atoms with Gasteiger partial charge in [-0.15, -0.1) is 0 Å². The van der Waals surface area contributed by atoms with Crippen molar-refractivity contribution >= 4 is 82.9 Å². The van der Waals surface area contributed by atoms with E-state index in [0.717, 1.165) is 23.6 Å². The minimum atomic E-state index is -1.90. The van der Waals surface area contributed by atoms with Gasteiger partial charge in [-0.1, -0.05) is 0 Å². The molecule has 3 heterocycles. The van der Waals surface area contributed by atoms with E-state index in [1.54, 1.807) is 0 Å². The van der Waals surface area contributed by atoms with E-state index in [2.05, 4.69) is 42.2 Å². The zero-order valence-electron chi connectivity index (χ0n) is 45.3. The number of nitrogens with one attached hydrogen (secondary N) is 8. The third-order valence-corrected chi connectivity index (χ3v) is 13.4. The van der Waals surface area contributed by atoms with Crippen LogP contribution in [0.2, 0.25) is 0 Å². The van der Waals surface area contributed by atoms with Crippen molar-refractivity contribution in [1.29, 1.82) is 0 Å². The Kier molecular flexibility index (Phi) is 26.5. The summed E-state index contributed by atoms with van der Waals surface area (Å²) >= 11 is 0. The van der Waals surface area contributed by atoms with Crippen molar-refractivity contribution in [1.82, 2.24) is 57.2 Å². The number of rotatable bonds is 30. The molecule has 81 heavy (non-hydrogen) atoms. The smallest absolute Gasteiger partial charge is 0.328 e. The highest BCUT2D eigenvalue weighted by Crippen LogP contribution is 2.23. The molecule has 0 aromatic heterocycles.